The van der Waals surface area contributed by atoms with Gasteiger partial charge in [0.2, 0.25) is 0 Å². The van der Waals surface area contributed by atoms with Gasteiger partial charge in [0.15, 0.2) is 5.11 Å². The van der Waals surface area contributed by atoms with E-state index in [2.05, 4.69) is 15.9 Å². The van der Waals surface area contributed by atoms with E-state index in [9.17, 15) is 18.0 Å². The molecule has 168 valence electrons. The number of carbonyl (C=O) groups is 1. The average molecular weight is 518 g/mol. The molecule has 1 aliphatic carbocycles. The average Bonchev–Trinajstić information content (AvgIpc) is 2.90. The topological polar surface area (TPSA) is 56.6 Å². The molecule has 2 fully saturated rings. The van der Waals surface area contributed by atoms with Gasteiger partial charge in [0.1, 0.15) is 5.54 Å². The second-order valence-corrected chi connectivity index (χ2v) is 9.34. The van der Waals surface area contributed by atoms with Crippen molar-refractivity contribution in [1.82, 2.24) is 4.90 Å². The van der Waals surface area contributed by atoms with E-state index >= 15 is 0 Å². The number of hydrogen-bond donors (Lipinski definition) is 0. The van der Waals surface area contributed by atoms with E-state index in [-0.39, 0.29) is 28.9 Å². The Balaban J connectivity index is 1.88. The van der Waals surface area contributed by atoms with Gasteiger partial charge in [-0.2, -0.15) is 18.4 Å². The summed E-state index contributed by atoms with van der Waals surface area (Å²) in [5, 5.41) is 10.00. The van der Waals surface area contributed by atoms with E-state index < -0.39 is 22.8 Å². The zero-order valence-corrected chi connectivity index (χ0v) is 19.6. The van der Waals surface area contributed by atoms with E-state index in [1.165, 1.54) is 11.0 Å². The summed E-state index contributed by atoms with van der Waals surface area (Å²) in [6.45, 7) is 4.11. The molecular weight excluding hydrogens is 495 g/mol. The first-order chi connectivity index (χ1) is 14.5. The number of thiocarbonyl (C=S) groups is 1. The molecule has 0 aromatic heterocycles. The lowest BCUT2D eigenvalue weighted by molar-refractivity contribution is -0.137. The van der Waals surface area contributed by atoms with Crippen molar-refractivity contribution < 1.29 is 22.7 Å². The molecule has 1 aromatic rings. The molecule has 0 radical (unpaired) electrons. The monoisotopic (exact) mass is 517 g/mol. The fraction of sp³-hybridized carbons (Fsp3) is 0.571. The number of benzene rings is 1. The number of carbonyl (C=O) groups excluding carboxylic acids is 1. The summed E-state index contributed by atoms with van der Waals surface area (Å²) >= 11 is 8.94. The predicted octanol–water partition coefficient (Wildman–Crippen LogP) is 5.01. The van der Waals surface area contributed by atoms with Crippen LogP contribution in [0.1, 0.15) is 50.7 Å². The van der Waals surface area contributed by atoms with Crippen LogP contribution in [-0.2, 0) is 15.7 Å². The van der Waals surface area contributed by atoms with Crippen LogP contribution in [-0.4, -0.2) is 45.5 Å². The number of rotatable bonds is 5. The number of halogens is 4. The minimum absolute atomic E-state index is 0.000684. The van der Waals surface area contributed by atoms with Gasteiger partial charge in [0.05, 0.1) is 35.6 Å². The lowest BCUT2D eigenvalue weighted by Gasteiger charge is -2.40. The van der Waals surface area contributed by atoms with Crippen LogP contribution in [0.4, 0.5) is 18.9 Å². The third-order valence-electron chi connectivity index (χ3n) is 5.85. The summed E-state index contributed by atoms with van der Waals surface area (Å²) in [5.41, 5.74) is -2.54. The molecule has 1 saturated heterocycles. The number of alkyl halides is 4. The number of ether oxygens (including phenoxy) is 1. The quantitative estimate of drug-likeness (QED) is 0.405. The third kappa shape index (κ3) is 4.59. The van der Waals surface area contributed by atoms with Crippen molar-refractivity contribution in [3.05, 3.63) is 29.3 Å². The van der Waals surface area contributed by atoms with Crippen LogP contribution in [0.2, 0.25) is 0 Å². The van der Waals surface area contributed by atoms with Crippen molar-refractivity contribution in [1.29, 1.82) is 5.26 Å². The number of hydrogen-bond acceptors (Lipinski definition) is 4. The van der Waals surface area contributed by atoms with E-state index in [1.54, 1.807) is 19.9 Å². The van der Waals surface area contributed by atoms with Crippen molar-refractivity contribution in [2.24, 2.45) is 0 Å². The number of nitrogens with zero attached hydrogens (tertiary/aromatic N) is 3. The second kappa shape index (κ2) is 9.04. The van der Waals surface area contributed by atoms with Gasteiger partial charge >= 0.3 is 6.18 Å². The van der Waals surface area contributed by atoms with E-state index in [1.807, 2.05) is 4.90 Å². The smallest absolute Gasteiger partial charge is 0.377 e. The Morgan fingerprint density at radius 3 is 2.48 bits per heavy atom. The Morgan fingerprint density at radius 1 is 1.29 bits per heavy atom. The molecule has 0 unspecified atom stereocenters. The van der Waals surface area contributed by atoms with Crippen LogP contribution < -0.4 is 4.90 Å². The van der Waals surface area contributed by atoms with E-state index in [0.29, 0.717) is 6.61 Å². The standard InChI is InChI=1S/C21H23BrF3N3O2S/c1-20(2)18(29)27(15-4-3-13(12-26)17(11-15)21(23,24)25)19(31)28(20)14-5-7-16(8-6-14)30-10-9-22/h3-4,11,14,16H,5-10H2,1-2H3/t14-,16-. The minimum Gasteiger partial charge on any atom is -0.377 e. The largest absolute Gasteiger partial charge is 0.417 e. The Kier molecular flexibility index (Phi) is 6.99. The SMILES string of the molecule is CC1(C)C(=O)N(c2ccc(C#N)c(C(F)(F)F)c2)C(=S)N1[C@H]1CC[C@H](OCCBr)CC1. The van der Waals surface area contributed by atoms with Crippen LogP contribution in [0.5, 0.6) is 0 Å². The second-order valence-electron chi connectivity index (χ2n) is 8.18. The van der Waals surface area contributed by atoms with Gasteiger partial charge in [-0.1, -0.05) is 15.9 Å². The Morgan fingerprint density at radius 2 is 1.94 bits per heavy atom. The Bertz CT molecular complexity index is 908. The molecule has 2 aliphatic rings. The molecule has 5 nitrogen and oxygen atoms in total. The highest BCUT2D eigenvalue weighted by Crippen LogP contribution is 2.40. The van der Waals surface area contributed by atoms with Crippen molar-refractivity contribution in [3.63, 3.8) is 0 Å². The maximum Gasteiger partial charge on any atom is 0.417 e. The number of anilines is 1. The molecule has 0 bridgehead atoms. The molecule has 1 amide bonds. The first kappa shape index (κ1) is 24.0. The Labute approximate surface area is 193 Å². The van der Waals surface area contributed by atoms with Gasteiger partial charge in [-0.3, -0.25) is 9.69 Å². The molecule has 1 saturated carbocycles. The van der Waals surface area contributed by atoms with Gasteiger partial charge in [-0.15, -0.1) is 0 Å². The summed E-state index contributed by atoms with van der Waals surface area (Å²) in [4.78, 5) is 16.3. The minimum atomic E-state index is -4.71. The van der Waals surface area contributed by atoms with Crippen molar-refractivity contribution in [3.8, 4) is 6.07 Å². The highest BCUT2D eigenvalue weighted by molar-refractivity contribution is 9.09. The first-order valence-electron chi connectivity index (χ1n) is 9.99. The molecule has 1 heterocycles. The summed E-state index contributed by atoms with van der Waals surface area (Å²) in [5.74, 6) is -0.381. The normalized spacial score (nSPS) is 23.9. The molecule has 0 atom stereocenters. The number of nitriles is 1. The first-order valence-corrected chi connectivity index (χ1v) is 11.5. The van der Waals surface area contributed by atoms with Crippen molar-refractivity contribution in [2.45, 2.75) is 63.4 Å². The van der Waals surface area contributed by atoms with Crippen LogP contribution in [0.15, 0.2) is 18.2 Å². The highest BCUT2D eigenvalue weighted by Gasteiger charge is 2.52. The summed E-state index contributed by atoms with van der Waals surface area (Å²) in [6, 6.07) is 4.80. The maximum absolute atomic E-state index is 13.4. The van der Waals surface area contributed by atoms with Crippen molar-refractivity contribution in [2.75, 3.05) is 16.8 Å². The van der Waals surface area contributed by atoms with Gasteiger partial charge < -0.3 is 9.64 Å². The molecule has 0 spiro atoms. The van der Waals surface area contributed by atoms with Gasteiger partial charge in [-0.25, -0.2) is 0 Å². The van der Waals surface area contributed by atoms with E-state index in [4.69, 9.17) is 22.2 Å². The molecule has 10 heteroatoms. The molecule has 3 rings (SSSR count). The van der Waals surface area contributed by atoms with Gasteiger partial charge in [-0.05, 0) is 69.9 Å². The van der Waals surface area contributed by atoms with Crippen molar-refractivity contribution >= 4 is 44.9 Å². The summed E-state index contributed by atoms with van der Waals surface area (Å²) in [7, 11) is 0. The zero-order valence-electron chi connectivity index (χ0n) is 17.2. The summed E-state index contributed by atoms with van der Waals surface area (Å²) < 4.78 is 46.1. The third-order valence-corrected chi connectivity index (χ3v) is 6.56. The molecule has 31 heavy (non-hydrogen) atoms. The highest BCUT2D eigenvalue weighted by atomic mass is 79.9. The van der Waals surface area contributed by atoms with Gasteiger partial charge in [0, 0.05) is 11.4 Å². The maximum atomic E-state index is 13.4. The van der Waals surface area contributed by atoms with E-state index in [0.717, 1.165) is 43.1 Å². The fourth-order valence-corrected chi connectivity index (χ4v) is 5.09. The molecule has 1 aromatic carbocycles. The zero-order chi connectivity index (χ0) is 23.0. The van der Waals surface area contributed by atoms with Crippen LogP contribution in [0.25, 0.3) is 0 Å². The van der Waals surface area contributed by atoms with Gasteiger partial charge in [0.25, 0.3) is 5.91 Å². The van der Waals surface area contributed by atoms with Crippen LogP contribution >= 0.6 is 28.1 Å². The predicted molar refractivity (Wildman–Crippen MR) is 118 cm³/mol. The molecular formula is C21H23BrF3N3O2S. The lowest BCUT2D eigenvalue weighted by atomic mass is 9.89. The summed E-state index contributed by atoms with van der Waals surface area (Å²) in [6.07, 6.45) is -1.34. The molecule has 1 aliphatic heterocycles. The Hall–Kier alpha value is -1.70. The van der Waals surface area contributed by atoms with Crippen LogP contribution in [0.3, 0.4) is 0 Å². The fourth-order valence-electron chi connectivity index (χ4n) is 4.34. The number of amides is 1. The van der Waals surface area contributed by atoms with Crippen LogP contribution in [0, 0.1) is 11.3 Å². The molecule has 0 N–H and O–H groups in total. The lowest BCUT2D eigenvalue weighted by Crippen LogP contribution is -2.51.